The van der Waals surface area contributed by atoms with E-state index in [1.165, 1.54) is 25.6 Å². The summed E-state index contributed by atoms with van der Waals surface area (Å²) in [6.45, 7) is 1.56. The Morgan fingerprint density at radius 2 is 1.59 bits per heavy atom. The normalized spacial score (nSPS) is 11.2. The number of nitrogens with one attached hydrogen (secondary N) is 3. The van der Waals surface area contributed by atoms with Gasteiger partial charge in [-0.3, -0.25) is 10.1 Å². The monoisotopic (exact) mass is 457 g/mol. The first-order valence-corrected chi connectivity index (χ1v) is 10.3. The Hall–Kier alpha value is -3.86. The lowest BCUT2D eigenvalue weighted by atomic mass is 10.2. The Morgan fingerprint density at radius 3 is 2.25 bits per heavy atom. The summed E-state index contributed by atoms with van der Waals surface area (Å²) in [6, 6.07) is 10.9. The van der Waals surface area contributed by atoms with Crippen LogP contribution in [0.1, 0.15) is 6.92 Å². The molecule has 0 fully saturated rings. The molecule has 0 saturated carbocycles. The van der Waals surface area contributed by atoms with Crippen molar-refractivity contribution >= 4 is 34.1 Å². The molecule has 3 N–H and O–H groups in total. The standard InChI is InChI=1S/C21H23N5O5S/c1-12(22-20(28)23-16-10-9-15(30-3)11-17(16)31-4)18(27)24-21-26-25-19(32-21)13-5-7-14(29-2)8-6-13/h5-12H,1-4H3,(H2,22,23,28)(H,24,26,27)/t12-/m1/s1. The van der Waals surface area contributed by atoms with E-state index in [1.54, 1.807) is 32.2 Å². The van der Waals surface area contributed by atoms with Gasteiger partial charge in [-0.15, -0.1) is 10.2 Å². The van der Waals surface area contributed by atoms with Gasteiger partial charge in [0, 0.05) is 11.6 Å². The Balaban J connectivity index is 1.57. The predicted molar refractivity (Wildman–Crippen MR) is 122 cm³/mol. The van der Waals surface area contributed by atoms with E-state index in [0.29, 0.717) is 27.3 Å². The van der Waals surface area contributed by atoms with Gasteiger partial charge in [0.15, 0.2) is 0 Å². The van der Waals surface area contributed by atoms with Crippen molar-refractivity contribution in [1.29, 1.82) is 0 Å². The van der Waals surface area contributed by atoms with Crippen molar-refractivity contribution in [3.05, 3.63) is 42.5 Å². The van der Waals surface area contributed by atoms with Gasteiger partial charge in [0.05, 0.1) is 27.0 Å². The van der Waals surface area contributed by atoms with Crippen molar-refractivity contribution in [2.45, 2.75) is 13.0 Å². The number of amides is 3. The summed E-state index contributed by atoms with van der Waals surface area (Å²) in [5, 5.41) is 16.9. The molecule has 10 nitrogen and oxygen atoms in total. The molecule has 1 atom stereocenters. The van der Waals surface area contributed by atoms with E-state index in [2.05, 4.69) is 26.1 Å². The highest BCUT2D eigenvalue weighted by Gasteiger charge is 2.19. The van der Waals surface area contributed by atoms with E-state index in [4.69, 9.17) is 14.2 Å². The van der Waals surface area contributed by atoms with Gasteiger partial charge >= 0.3 is 6.03 Å². The van der Waals surface area contributed by atoms with Crippen LogP contribution in [0.4, 0.5) is 15.6 Å². The van der Waals surface area contributed by atoms with Crippen LogP contribution in [0.2, 0.25) is 0 Å². The Bertz CT molecular complexity index is 1090. The van der Waals surface area contributed by atoms with Gasteiger partial charge in [0.2, 0.25) is 11.0 Å². The average molecular weight is 458 g/mol. The molecule has 0 radical (unpaired) electrons. The number of hydrogen-bond donors (Lipinski definition) is 3. The smallest absolute Gasteiger partial charge is 0.319 e. The second-order valence-electron chi connectivity index (χ2n) is 6.52. The molecule has 3 aromatic rings. The van der Waals surface area contributed by atoms with Crippen molar-refractivity contribution in [1.82, 2.24) is 15.5 Å². The zero-order valence-corrected chi connectivity index (χ0v) is 18.8. The van der Waals surface area contributed by atoms with Crippen molar-refractivity contribution in [3.63, 3.8) is 0 Å². The fourth-order valence-electron chi connectivity index (χ4n) is 2.66. The van der Waals surface area contributed by atoms with Crippen LogP contribution >= 0.6 is 11.3 Å². The van der Waals surface area contributed by atoms with E-state index in [9.17, 15) is 9.59 Å². The molecule has 0 spiro atoms. The van der Waals surface area contributed by atoms with Crippen LogP contribution in [-0.4, -0.2) is 49.5 Å². The van der Waals surface area contributed by atoms with Gasteiger partial charge in [-0.25, -0.2) is 4.79 Å². The molecule has 11 heteroatoms. The van der Waals surface area contributed by atoms with Crippen LogP contribution in [0.25, 0.3) is 10.6 Å². The molecule has 168 valence electrons. The molecule has 0 bridgehead atoms. The second-order valence-corrected chi connectivity index (χ2v) is 7.49. The summed E-state index contributed by atoms with van der Waals surface area (Å²) in [5.41, 5.74) is 1.29. The topological polar surface area (TPSA) is 124 Å². The summed E-state index contributed by atoms with van der Waals surface area (Å²) in [7, 11) is 4.61. The highest BCUT2D eigenvalue weighted by atomic mass is 32.1. The third kappa shape index (κ3) is 5.64. The predicted octanol–water partition coefficient (Wildman–Crippen LogP) is 3.38. The van der Waals surface area contributed by atoms with Crippen LogP contribution in [0.5, 0.6) is 17.2 Å². The number of nitrogens with zero attached hydrogens (tertiary/aromatic N) is 2. The number of benzene rings is 2. The van der Waals surface area contributed by atoms with Gasteiger partial charge in [-0.1, -0.05) is 11.3 Å². The molecule has 0 aliphatic heterocycles. The van der Waals surface area contributed by atoms with Gasteiger partial charge < -0.3 is 24.8 Å². The molecular formula is C21H23N5O5S. The zero-order chi connectivity index (χ0) is 23.1. The lowest BCUT2D eigenvalue weighted by molar-refractivity contribution is -0.117. The van der Waals surface area contributed by atoms with E-state index < -0.39 is 18.0 Å². The molecule has 3 amide bonds. The molecule has 0 aliphatic rings. The number of ether oxygens (including phenoxy) is 3. The third-order valence-electron chi connectivity index (χ3n) is 4.39. The molecule has 0 saturated heterocycles. The van der Waals surface area contributed by atoms with Gasteiger partial charge in [0.1, 0.15) is 28.3 Å². The maximum absolute atomic E-state index is 12.5. The Kier molecular flexibility index (Phi) is 7.45. The summed E-state index contributed by atoms with van der Waals surface area (Å²) in [6.07, 6.45) is 0. The van der Waals surface area contributed by atoms with Crippen LogP contribution in [0, 0.1) is 0 Å². The number of carbonyl (C=O) groups excluding carboxylic acids is 2. The van der Waals surface area contributed by atoms with Gasteiger partial charge in [0.25, 0.3) is 0 Å². The van der Waals surface area contributed by atoms with Gasteiger partial charge in [-0.05, 0) is 43.3 Å². The number of rotatable bonds is 8. The molecule has 2 aromatic carbocycles. The first kappa shape index (κ1) is 22.8. The first-order chi connectivity index (χ1) is 15.4. The van der Waals surface area contributed by atoms with Gasteiger partial charge in [-0.2, -0.15) is 0 Å². The Morgan fingerprint density at radius 1 is 0.906 bits per heavy atom. The van der Waals surface area contributed by atoms with Crippen LogP contribution < -0.4 is 30.2 Å². The first-order valence-electron chi connectivity index (χ1n) is 9.51. The summed E-state index contributed by atoms with van der Waals surface area (Å²) >= 11 is 1.22. The maximum Gasteiger partial charge on any atom is 0.319 e. The second kappa shape index (κ2) is 10.4. The number of hydrogen-bond acceptors (Lipinski definition) is 8. The Labute approximate surface area is 188 Å². The zero-order valence-electron chi connectivity index (χ0n) is 18.0. The number of urea groups is 1. The van der Waals surface area contributed by atoms with E-state index in [0.717, 1.165) is 11.3 Å². The third-order valence-corrected chi connectivity index (χ3v) is 5.28. The molecule has 0 aliphatic carbocycles. The lowest BCUT2D eigenvalue weighted by Gasteiger charge is -2.15. The summed E-state index contributed by atoms with van der Waals surface area (Å²) in [4.78, 5) is 24.8. The SMILES string of the molecule is COc1ccc(-c2nnc(NC(=O)[C@@H](C)NC(=O)Nc3ccc(OC)cc3OC)s2)cc1. The van der Waals surface area contributed by atoms with Crippen molar-refractivity contribution < 1.29 is 23.8 Å². The van der Waals surface area contributed by atoms with Crippen LogP contribution in [0.3, 0.4) is 0 Å². The maximum atomic E-state index is 12.5. The molecule has 0 unspecified atom stereocenters. The van der Waals surface area contributed by atoms with Crippen molar-refractivity contribution in [2.75, 3.05) is 32.0 Å². The number of aromatic nitrogens is 2. The highest BCUT2D eigenvalue weighted by Crippen LogP contribution is 2.29. The van der Waals surface area contributed by atoms with E-state index in [-0.39, 0.29) is 0 Å². The summed E-state index contributed by atoms with van der Waals surface area (Å²) in [5.74, 6) is 1.32. The molecule has 32 heavy (non-hydrogen) atoms. The van der Waals surface area contributed by atoms with E-state index in [1.807, 2.05) is 24.3 Å². The fourth-order valence-corrected chi connectivity index (χ4v) is 3.41. The van der Waals surface area contributed by atoms with E-state index >= 15 is 0 Å². The number of carbonyl (C=O) groups is 2. The minimum Gasteiger partial charge on any atom is -0.497 e. The largest absolute Gasteiger partial charge is 0.497 e. The fraction of sp³-hybridized carbons (Fsp3) is 0.238. The summed E-state index contributed by atoms with van der Waals surface area (Å²) < 4.78 is 15.5. The quantitative estimate of drug-likeness (QED) is 0.474. The molecule has 1 heterocycles. The van der Waals surface area contributed by atoms with Crippen molar-refractivity contribution in [2.24, 2.45) is 0 Å². The highest BCUT2D eigenvalue weighted by molar-refractivity contribution is 7.18. The lowest BCUT2D eigenvalue weighted by Crippen LogP contribution is -2.43. The van der Waals surface area contributed by atoms with Crippen LogP contribution in [-0.2, 0) is 4.79 Å². The van der Waals surface area contributed by atoms with Crippen LogP contribution in [0.15, 0.2) is 42.5 Å². The average Bonchev–Trinajstić information content (AvgIpc) is 3.27. The number of methoxy groups -OCH3 is 3. The molecular weight excluding hydrogens is 434 g/mol. The minimum atomic E-state index is -0.826. The minimum absolute atomic E-state index is 0.326. The van der Waals surface area contributed by atoms with Crippen molar-refractivity contribution in [3.8, 4) is 27.8 Å². The molecule has 1 aromatic heterocycles. The number of anilines is 2. The molecule has 3 rings (SSSR count).